The number of hydrogen-bond donors (Lipinski definition) is 1. The molecule has 3 aromatic rings. The number of carbonyl (C=O) groups excluding carboxylic acids is 3. The zero-order chi connectivity index (χ0) is 20.3. The number of nitrogens with one attached hydrogen (secondary N) is 1. The summed E-state index contributed by atoms with van der Waals surface area (Å²) in [5, 5.41) is 0.369. The normalized spacial score (nSPS) is 10.4. The number of halogens is 1. The molecule has 0 unspecified atom stereocenters. The molecule has 0 aliphatic heterocycles. The van der Waals surface area contributed by atoms with Gasteiger partial charge in [0.25, 0.3) is 0 Å². The minimum absolute atomic E-state index is 0.0640. The van der Waals surface area contributed by atoms with E-state index in [9.17, 15) is 14.4 Å². The van der Waals surface area contributed by atoms with E-state index in [4.69, 9.17) is 21.1 Å². The van der Waals surface area contributed by atoms with Crippen LogP contribution in [0.25, 0.3) is 11.3 Å². The Hall–Kier alpha value is -3.38. The number of aromatic amines is 1. The van der Waals surface area contributed by atoms with Gasteiger partial charge in [-0.25, -0.2) is 9.59 Å². The zero-order valence-electron chi connectivity index (χ0n) is 15.1. The van der Waals surface area contributed by atoms with Crippen LogP contribution in [0.5, 0.6) is 0 Å². The van der Waals surface area contributed by atoms with Crippen molar-refractivity contribution in [1.29, 1.82) is 0 Å². The van der Waals surface area contributed by atoms with Gasteiger partial charge in [-0.3, -0.25) is 4.79 Å². The lowest BCUT2D eigenvalue weighted by Crippen LogP contribution is -2.14. The molecule has 0 bridgehead atoms. The van der Waals surface area contributed by atoms with Crippen molar-refractivity contribution in [2.24, 2.45) is 0 Å². The summed E-state index contributed by atoms with van der Waals surface area (Å²) in [6, 6.07) is 15.1. The minimum atomic E-state index is -0.829. The molecule has 1 aromatic heterocycles. The first kappa shape index (κ1) is 19.4. The van der Waals surface area contributed by atoms with E-state index in [2.05, 4.69) is 4.98 Å². The van der Waals surface area contributed by atoms with Crippen molar-refractivity contribution in [3.8, 4) is 11.3 Å². The molecule has 1 N–H and O–H groups in total. The SMILES string of the molecule is COC(=O)c1c(C(=O)c2cccc(Cl)c2)[nH]c(-c2ccccc2)c1C(=O)OC. The van der Waals surface area contributed by atoms with Crippen LogP contribution in [0.15, 0.2) is 54.6 Å². The highest BCUT2D eigenvalue weighted by atomic mass is 35.5. The predicted molar refractivity (Wildman–Crippen MR) is 104 cm³/mol. The summed E-state index contributed by atoms with van der Waals surface area (Å²) in [5.41, 5.74) is 0.837. The Labute approximate surface area is 166 Å². The molecule has 7 heteroatoms. The third-order valence-electron chi connectivity index (χ3n) is 4.16. The molecule has 0 aliphatic rings. The molecule has 0 aliphatic carbocycles. The second kappa shape index (κ2) is 8.10. The number of ether oxygens (including phenoxy) is 2. The smallest absolute Gasteiger partial charge is 0.341 e. The maximum absolute atomic E-state index is 13.1. The molecule has 0 saturated carbocycles. The minimum Gasteiger partial charge on any atom is -0.465 e. The average molecular weight is 398 g/mol. The molecule has 0 fully saturated rings. The molecule has 0 radical (unpaired) electrons. The van der Waals surface area contributed by atoms with Crippen LogP contribution < -0.4 is 0 Å². The van der Waals surface area contributed by atoms with E-state index < -0.39 is 17.7 Å². The highest BCUT2D eigenvalue weighted by Gasteiger charge is 2.32. The number of esters is 2. The second-order valence-electron chi connectivity index (χ2n) is 5.81. The Morgan fingerprint density at radius 2 is 1.50 bits per heavy atom. The van der Waals surface area contributed by atoms with Gasteiger partial charge >= 0.3 is 11.9 Å². The van der Waals surface area contributed by atoms with E-state index in [0.29, 0.717) is 16.3 Å². The van der Waals surface area contributed by atoms with Gasteiger partial charge in [0.2, 0.25) is 5.78 Å². The fraction of sp³-hybridized carbons (Fsp3) is 0.0952. The number of carbonyl (C=O) groups is 3. The van der Waals surface area contributed by atoms with Crippen LogP contribution in [0, 0.1) is 0 Å². The number of rotatable bonds is 5. The molecule has 3 rings (SSSR count). The number of aromatic nitrogens is 1. The summed E-state index contributed by atoms with van der Waals surface area (Å²) in [6.45, 7) is 0. The van der Waals surface area contributed by atoms with E-state index >= 15 is 0 Å². The Bertz CT molecular complexity index is 1060. The molecular weight excluding hydrogens is 382 g/mol. The summed E-state index contributed by atoms with van der Waals surface area (Å²) >= 11 is 5.98. The third kappa shape index (κ3) is 3.54. The molecule has 6 nitrogen and oxygen atoms in total. The average Bonchev–Trinajstić information content (AvgIpc) is 3.13. The van der Waals surface area contributed by atoms with E-state index in [1.807, 2.05) is 6.07 Å². The largest absolute Gasteiger partial charge is 0.465 e. The van der Waals surface area contributed by atoms with Gasteiger partial charge in [-0.1, -0.05) is 54.1 Å². The Balaban J connectivity index is 2.30. The van der Waals surface area contributed by atoms with Crippen molar-refractivity contribution in [2.45, 2.75) is 0 Å². The summed E-state index contributed by atoms with van der Waals surface area (Å²) in [7, 11) is 2.37. The summed E-state index contributed by atoms with van der Waals surface area (Å²) in [5.74, 6) is -2.10. The number of hydrogen-bond acceptors (Lipinski definition) is 5. The van der Waals surface area contributed by atoms with E-state index in [1.165, 1.54) is 20.3 Å². The zero-order valence-corrected chi connectivity index (χ0v) is 15.9. The standard InChI is InChI=1S/C21H16ClNO5/c1-27-20(25)15-16(21(26)28-2)18(19(24)13-9-6-10-14(22)11-13)23-17(15)12-7-4-3-5-8-12/h3-11,23H,1-2H3. The van der Waals surface area contributed by atoms with Crippen molar-refractivity contribution in [1.82, 2.24) is 4.98 Å². The van der Waals surface area contributed by atoms with Gasteiger partial charge in [0.1, 0.15) is 16.8 Å². The van der Waals surface area contributed by atoms with Gasteiger partial charge in [-0.05, 0) is 17.7 Å². The van der Waals surface area contributed by atoms with Gasteiger partial charge < -0.3 is 14.5 Å². The van der Waals surface area contributed by atoms with Crippen LogP contribution >= 0.6 is 11.6 Å². The Morgan fingerprint density at radius 3 is 2.11 bits per heavy atom. The Kier molecular flexibility index (Phi) is 5.61. The van der Waals surface area contributed by atoms with Gasteiger partial charge in [0.05, 0.1) is 19.9 Å². The predicted octanol–water partition coefficient (Wildman–Crippen LogP) is 4.14. The van der Waals surface area contributed by atoms with Crippen LogP contribution in [0.1, 0.15) is 36.8 Å². The van der Waals surface area contributed by atoms with Crippen molar-refractivity contribution < 1.29 is 23.9 Å². The molecule has 28 heavy (non-hydrogen) atoms. The molecule has 0 saturated heterocycles. The summed E-state index contributed by atoms with van der Waals surface area (Å²) in [4.78, 5) is 41.0. The van der Waals surface area contributed by atoms with Gasteiger partial charge in [0, 0.05) is 10.6 Å². The van der Waals surface area contributed by atoms with Crippen molar-refractivity contribution >= 4 is 29.3 Å². The number of H-pyrrole nitrogens is 1. The summed E-state index contributed by atoms with van der Waals surface area (Å²) < 4.78 is 9.68. The number of methoxy groups -OCH3 is 2. The molecule has 0 amide bonds. The molecule has 2 aromatic carbocycles. The third-order valence-corrected chi connectivity index (χ3v) is 4.39. The quantitative estimate of drug-likeness (QED) is 0.516. The molecule has 0 atom stereocenters. The first-order chi connectivity index (χ1) is 13.5. The first-order valence-corrected chi connectivity index (χ1v) is 8.64. The molecule has 142 valence electrons. The number of benzene rings is 2. The van der Waals surface area contributed by atoms with Crippen molar-refractivity contribution in [3.05, 3.63) is 82.0 Å². The lowest BCUT2D eigenvalue weighted by Gasteiger charge is -2.06. The van der Waals surface area contributed by atoms with Crippen LogP contribution in [0.3, 0.4) is 0 Å². The Morgan fingerprint density at radius 1 is 0.857 bits per heavy atom. The maximum atomic E-state index is 13.1. The van der Waals surface area contributed by atoms with E-state index in [-0.39, 0.29) is 22.4 Å². The lowest BCUT2D eigenvalue weighted by molar-refractivity contribution is 0.0556. The fourth-order valence-corrected chi connectivity index (χ4v) is 3.07. The highest BCUT2D eigenvalue weighted by Crippen LogP contribution is 2.31. The fourth-order valence-electron chi connectivity index (χ4n) is 2.88. The van der Waals surface area contributed by atoms with Crippen LogP contribution in [0.2, 0.25) is 5.02 Å². The molecule has 0 spiro atoms. The lowest BCUT2D eigenvalue weighted by atomic mass is 10.0. The number of ketones is 1. The molecule has 1 heterocycles. The van der Waals surface area contributed by atoms with Gasteiger partial charge in [-0.2, -0.15) is 0 Å². The van der Waals surface area contributed by atoms with Crippen molar-refractivity contribution in [3.63, 3.8) is 0 Å². The second-order valence-corrected chi connectivity index (χ2v) is 6.25. The van der Waals surface area contributed by atoms with Gasteiger partial charge in [-0.15, -0.1) is 0 Å². The van der Waals surface area contributed by atoms with E-state index in [0.717, 1.165) is 0 Å². The maximum Gasteiger partial charge on any atom is 0.341 e. The first-order valence-electron chi connectivity index (χ1n) is 8.26. The summed E-state index contributed by atoms with van der Waals surface area (Å²) in [6.07, 6.45) is 0. The van der Waals surface area contributed by atoms with E-state index in [1.54, 1.807) is 42.5 Å². The molecular formula is C21H16ClNO5. The topological polar surface area (TPSA) is 85.5 Å². The monoisotopic (exact) mass is 397 g/mol. The van der Waals surface area contributed by atoms with Crippen LogP contribution in [-0.4, -0.2) is 36.9 Å². The van der Waals surface area contributed by atoms with Crippen LogP contribution in [0.4, 0.5) is 0 Å². The van der Waals surface area contributed by atoms with Gasteiger partial charge in [0.15, 0.2) is 0 Å². The van der Waals surface area contributed by atoms with Crippen molar-refractivity contribution in [2.75, 3.05) is 14.2 Å². The van der Waals surface area contributed by atoms with Crippen LogP contribution in [-0.2, 0) is 9.47 Å². The highest BCUT2D eigenvalue weighted by molar-refractivity contribution is 6.31.